The van der Waals surface area contributed by atoms with Gasteiger partial charge in [0.05, 0.1) is 0 Å². The summed E-state index contributed by atoms with van der Waals surface area (Å²) in [5, 5.41) is 0. The Balaban J connectivity index is 1.83. The Morgan fingerprint density at radius 1 is 0.591 bits per heavy atom. The molecular weight excluding hydrogens is 268 g/mol. The van der Waals surface area contributed by atoms with Crippen LogP contribution in [0.3, 0.4) is 0 Å². The second-order valence-corrected chi connectivity index (χ2v) is 6.49. The fraction of sp³-hybridized carbons (Fsp3) is 0.190. The van der Waals surface area contributed by atoms with E-state index in [4.69, 9.17) is 0 Å². The van der Waals surface area contributed by atoms with Crippen molar-refractivity contribution < 1.29 is 4.79 Å². The average Bonchev–Trinajstić information content (AvgIpc) is 2.77. The van der Waals surface area contributed by atoms with Gasteiger partial charge in [0.2, 0.25) is 0 Å². The topological polar surface area (TPSA) is 17.1 Å². The lowest BCUT2D eigenvalue weighted by molar-refractivity contribution is -0.110. The Hall–Kier alpha value is -2.41. The molecule has 0 unspecified atom stereocenters. The van der Waals surface area contributed by atoms with Crippen LogP contribution in [-0.2, 0) is 4.79 Å². The van der Waals surface area contributed by atoms with Crippen molar-refractivity contribution in [2.24, 2.45) is 11.8 Å². The second-order valence-electron chi connectivity index (χ2n) is 6.49. The second kappa shape index (κ2) is 4.30. The van der Waals surface area contributed by atoms with Crippen molar-refractivity contribution in [3.8, 4) is 0 Å². The highest BCUT2D eigenvalue weighted by Gasteiger charge is 2.47. The first-order valence-electron chi connectivity index (χ1n) is 7.92. The highest BCUT2D eigenvalue weighted by molar-refractivity contribution is 5.99. The maximum absolute atomic E-state index is 11.8. The van der Waals surface area contributed by atoms with Gasteiger partial charge in [0, 0.05) is 11.8 Å². The molecule has 0 N–H and O–H groups in total. The van der Waals surface area contributed by atoms with E-state index >= 15 is 0 Å². The Labute approximate surface area is 130 Å². The number of rotatable bonds is 0. The predicted molar refractivity (Wildman–Crippen MR) is 86.8 cm³/mol. The van der Waals surface area contributed by atoms with Gasteiger partial charge >= 0.3 is 0 Å². The molecule has 1 nitrogen and oxygen atoms in total. The van der Waals surface area contributed by atoms with Crippen molar-refractivity contribution in [3.63, 3.8) is 0 Å². The van der Waals surface area contributed by atoms with Gasteiger partial charge in [-0.1, -0.05) is 60.7 Å². The summed E-state index contributed by atoms with van der Waals surface area (Å²) in [5.41, 5.74) is 5.78. The van der Waals surface area contributed by atoms with Crippen molar-refractivity contribution in [1.82, 2.24) is 0 Å². The summed E-state index contributed by atoms with van der Waals surface area (Å²) in [7, 11) is 0. The van der Waals surface area contributed by atoms with E-state index in [2.05, 4.69) is 60.7 Å². The van der Waals surface area contributed by atoms with Crippen LogP contribution in [-0.4, -0.2) is 5.78 Å². The molecule has 6 rings (SSSR count). The van der Waals surface area contributed by atoms with Crippen LogP contribution in [0.25, 0.3) is 0 Å². The molecule has 0 radical (unpaired) electrons. The minimum Gasteiger partial charge on any atom is -0.290 e. The highest BCUT2D eigenvalue weighted by atomic mass is 16.1. The van der Waals surface area contributed by atoms with Crippen LogP contribution in [0.5, 0.6) is 0 Å². The summed E-state index contributed by atoms with van der Waals surface area (Å²) < 4.78 is 0. The lowest BCUT2D eigenvalue weighted by atomic mass is 9.54. The quantitative estimate of drug-likeness (QED) is 0.708. The summed E-state index contributed by atoms with van der Waals surface area (Å²) in [6.07, 6.45) is 7.81. The molecule has 0 aliphatic heterocycles. The first kappa shape index (κ1) is 12.2. The van der Waals surface area contributed by atoms with Gasteiger partial charge < -0.3 is 0 Å². The van der Waals surface area contributed by atoms with E-state index in [0.29, 0.717) is 23.7 Å². The first-order chi connectivity index (χ1) is 10.8. The fourth-order valence-electron chi connectivity index (χ4n) is 4.71. The Kier molecular flexibility index (Phi) is 2.38. The van der Waals surface area contributed by atoms with Gasteiger partial charge in [-0.15, -0.1) is 0 Å². The van der Waals surface area contributed by atoms with Gasteiger partial charge in [-0.3, -0.25) is 4.79 Å². The van der Waals surface area contributed by atoms with E-state index in [-0.39, 0.29) is 5.78 Å². The Morgan fingerprint density at radius 3 is 1.32 bits per heavy atom. The molecule has 2 aromatic carbocycles. The summed E-state index contributed by atoms with van der Waals surface area (Å²) in [4.78, 5) is 11.8. The zero-order valence-electron chi connectivity index (χ0n) is 12.1. The number of allylic oxidation sites excluding steroid dienone is 4. The van der Waals surface area contributed by atoms with Crippen molar-refractivity contribution >= 4 is 5.78 Å². The van der Waals surface area contributed by atoms with E-state index in [1.165, 1.54) is 22.3 Å². The molecular formula is C21H16O. The normalized spacial score (nSPS) is 30.5. The number of hydrogen-bond acceptors (Lipinski definition) is 1. The van der Waals surface area contributed by atoms with Crippen LogP contribution >= 0.6 is 0 Å². The largest absolute Gasteiger partial charge is 0.290 e. The fourth-order valence-corrected chi connectivity index (χ4v) is 4.71. The van der Waals surface area contributed by atoms with E-state index in [1.54, 1.807) is 12.2 Å². The molecule has 2 atom stereocenters. The molecule has 0 aromatic heterocycles. The summed E-state index contributed by atoms with van der Waals surface area (Å²) in [5.74, 6) is 1.63. The maximum Gasteiger partial charge on any atom is 0.178 e. The molecule has 0 fully saturated rings. The van der Waals surface area contributed by atoms with E-state index in [0.717, 1.165) is 0 Å². The average molecular weight is 284 g/mol. The third-order valence-corrected chi connectivity index (χ3v) is 5.51. The van der Waals surface area contributed by atoms with Crippen LogP contribution in [0.15, 0.2) is 72.8 Å². The van der Waals surface area contributed by atoms with Crippen LogP contribution in [0.4, 0.5) is 0 Å². The molecule has 22 heavy (non-hydrogen) atoms. The first-order valence-corrected chi connectivity index (χ1v) is 7.92. The molecule has 2 bridgehead atoms. The van der Waals surface area contributed by atoms with Gasteiger partial charge in [-0.2, -0.15) is 0 Å². The van der Waals surface area contributed by atoms with Gasteiger partial charge in [0.25, 0.3) is 0 Å². The lowest BCUT2D eigenvalue weighted by Gasteiger charge is -2.49. The molecule has 4 aliphatic rings. The number of benzene rings is 2. The molecule has 0 saturated carbocycles. The van der Waals surface area contributed by atoms with Crippen LogP contribution in [0, 0.1) is 11.8 Å². The van der Waals surface area contributed by atoms with Gasteiger partial charge in [0.1, 0.15) is 0 Å². The van der Waals surface area contributed by atoms with Gasteiger partial charge in [-0.25, -0.2) is 0 Å². The SMILES string of the molecule is O=C1C=C[C@@H]2C3c4ccccc4C(c4ccccc43)[C@@H]2C=C1. The van der Waals surface area contributed by atoms with E-state index in [1.807, 2.05) is 0 Å². The van der Waals surface area contributed by atoms with Crippen molar-refractivity contribution in [3.05, 3.63) is 95.1 Å². The molecule has 4 aliphatic carbocycles. The Morgan fingerprint density at radius 2 is 0.955 bits per heavy atom. The standard InChI is InChI=1S/C21H16O/c22-13-9-11-18-19(12-10-13)21-15-6-2-1-5-14(15)20(18)16-7-3-4-8-17(16)21/h1-12,18-21H/t18-,19+,20?,21?. The van der Waals surface area contributed by atoms with Gasteiger partial charge in [-0.05, 0) is 46.2 Å². The molecule has 0 heterocycles. The zero-order valence-corrected chi connectivity index (χ0v) is 12.1. The molecule has 0 amide bonds. The van der Waals surface area contributed by atoms with Crippen molar-refractivity contribution in [2.75, 3.05) is 0 Å². The van der Waals surface area contributed by atoms with Crippen molar-refractivity contribution in [1.29, 1.82) is 0 Å². The van der Waals surface area contributed by atoms with Crippen LogP contribution in [0.1, 0.15) is 34.1 Å². The predicted octanol–water partition coefficient (Wildman–Crippen LogP) is 4.20. The third-order valence-electron chi connectivity index (χ3n) is 5.51. The third kappa shape index (κ3) is 1.46. The van der Waals surface area contributed by atoms with Crippen molar-refractivity contribution in [2.45, 2.75) is 11.8 Å². The summed E-state index contributed by atoms with van der Waals surface area (Å²) in [6.45, 7) is 0. The summed E-state index contributed by atoms with van der Waals surface area (Å²) in [6, 6.07) is 17.6. The minimum atomic E-state index is 0.113. The smallest absolute Gasteiger partial charge is 0.178 e. The lowest BCUT2D eigenvalue weighted by Crippen LogP contribution is -2.38. The molecule has 106 valence electrons. The number of hydrogen-bond donors (Lipinski definition) is 0. The maximum atomic E-state index is 11.8. The van der Waals surface area contributed by atoms with Gasteiger partial charge in [0.15, 0.2) is 5.78 Å². The van der Waals surface area contributed by atoms with E-state index < -0.39 is 0 Å². The number of carbonyl (C=O) groups excluding carboxylic acids is 1. The Bertz CT molecular complexity index is 727. The molecule has 2 aromatic rings. The monoisotopic (exact) mass is 284 g/mol. The van der Waals surface area contributed by atoms with Crippen LogP contribution in [0.2, 0.25) is 0 Å². The molecule has 1 heteroatoms. The summed E-state index contributed by atoms with van der Waals surface area (Å²) >= 11 is 0. The minimum absolute atomic E-state index is 0.113. The van der Waals surface area contributed by atoms with Crippen LogP contribution < -0.4 is 0 Å². The highest BCUT2D eigenvalue weighted by Crippen LogP contribution is 2.59. The zero-order chi connectivity index (χ0) is 14.7. The molecule has 0 spiro atoms. The molecule has 0 saturated heterocycles. The number of carbonyl (C=O) groups is 1. The number of ketones is 1. The van der Waals surface area contributed by atoms with E-state index in [9.17, 15) is 4.79 Å².